The molecule has 20 heavy (non-hydrogen) atoms. The van der Waals surface area contributed by atoms with Crippen molar-refractivity contribution in [3.05, 3.63) is 29.8 Å². The fourth-order valence-corrected chi connectivity index (χ4v) is 2.89. The Balaban J connectivity index is 3.05. The number of halogens is 3. The van der Waals surface area contributed by atoms with Crippen molar-refractivity contribution in [3.63, 3.8) is 0 Å². The number of benzene rings is 1. The Morgan fingerprint density at radius 1 is 1.20 bits per heavy atom. The highest BCUT2D eigenvalue weighted by atomic mass is 32.2. The zero-order valence-electron chi connectivity index (χ0n) is 11.0. The lowest BCUT2D eigenvalue weighted by atomic mass is 10.0. The minimum Gasteiger partial charge on any atom is -0.394 e. The summed E-state index contributed by atoms with van der Waals surface area (Å²) in [6.45, 7) is 2.78. The van der Waals surface area contributed by atoms with E-state index < -0.39 is 33.9 Å². The summed E-state index contributed by atoms with van der Waals surface area (Å²) in [6.07, 6.45) is -4.18. The Bertz CT molecular complexity index is 548. The van der Waals surface area contributed by atoms with Crippen LogP contribution >= 0.6 is 0 Å². The van der Waals surface area contributed by atoms with Crippen molar-refractivity contribution in [1.82, 2.24) is 4.72 Å². The van der Waals surface area contributed by atoms with Crippen molar-refractivity contribution in [3.8, 4) is 0 Å². The molecular weight excluding hydrogens is 295 g/mol. The van der Waals surface area contributed by atoms with Gasteiger partial charge in [-0.1, -0.05) is 6.92 Å². The van der Waals surface area contributed by atoms with Crippen LogP contribution in [-0.2, 0) is 16.2 Å². The Labute approximate surface area is 115 Å². The topological polar surface area (TPSA) is 66.4 Å². The van der Waals surface area contributed by atoms with E-state index in [-0.39, 0.29) is 4.90 Å². The van der Waals surface area contributed by atoms with Gasteiger partial charge in [0.1, 0.15) is 0 Å². The van der Waals surface area contributed by atoms with Gasteiger partial charge in [0.25, 0.3) is 0 Å². The molecule has 0 radical (unpaired) electrons. The van der Waals surface area contributed by atoms with E-state index in [2.05, 4.69) is 4.72 Å². The fourth-order valence-electron chi connectivity index (χ4n) is 1.42. The SMILES string of the molecule is CCC(C)(CO)NS(=O)(=O)c1ccc(C(F)(F)F)cc1. The minimum absolute atomic E-state index is 0.279. The van der Waals surface area contributed by atoms with E-state index in [1.54, 1.807) is 6.92 Å². The second-order valence-electron chi connectivity index (χ2n) is 4.70. The predicted molar refractivity (Wildman–Crippen MR) is 67.5 cm³/mol. The molecule has 0 bridgehead atoms. The maximum absolute atomic E-state index is 12.4. The highest BCUT2D eigenvalue weighted by Crippen LogP contribution is 2.29. The third kappa shape index (κ3) is 3.94. The van der Waals surface area contributed by atoms with Gasteiger partial charge in [-0.25, -0.2) is 13.1 Å². The van der Waals surface area contributed by atoms with Gasteiger partial charge in [-0.15, -0.1) is 0 Å². The Morgan fingerprint density at radius 2 is 1.70 bits per heavy atom. The molecule has 0 amide bonds. The number of hydrogen-bond donors (Lipinski definition) is 2. The number of rotatable bonds is 5. The monoisotopic (exact) mass is 311 g/mol. The number of aliphatic hydroxyl groups excluding tert-OH is 1. The van der Waals surface area contributed by atoms with Crippen LogP contribution in [0.1, 0.15) is 25.8 Å². The van der Waals surface area contributed by atoms with Crippen molar-refractivity contribution >= 4 is 10.0 Å². The average molecular weight is 311 g/mol. The number of aliphatic hydroxyl groups is 1. The lowest BCUT2D eigenvalue weighted by Gasteiger charge is -2.26. The van der Waals surface area contributed by atoms with Crippen LogP contribution in [0, 0.1) is 0 Å². The van der Waals surface area contributed by atoms with Crippen LogP contribution in [0.2, 0.25) is 0 Å². The Hall–Kier alpha value is -1.12. The molecule has 1 atom stereocenters. The molecule has 0 aliphatic heterocycles. The number of nitrogens with one attached hydrogen (secondary N) is 1. The Morgan fingerprint density at radius 3 is 2.05 bits per heavy atom. The van der Waals surface area contributed by atoms with Gasteiger partial charge >= 0.3 is 6.18 Å². The summed E-state index contributed by atoms with van der Waals surface area (Å²) in [4.78, 5) is -0.279. The van der Waals surface area contributed by atoms with Gasteiger partial charge in [-0.05, 0) is 37.6 Å². The zero-order valence-corrected chi connectivity index (χ0v) is 11.8. The van der Waals surface area contributed by atoms with Gasteiger partial charge in [0.15, 0.2) is 0 Å². The van der Waals surface area contributed by atoms with Crippen molar-refractivity contribution in [2.75, 3.05) is 6.61 Å². The molecule has 0 saturated heterocycles. The first-order chi connectivity index (χ1) is 9.04. The molecular formula is C12H16F3NO3S. The lowest BCUT2D eigenvalue weighted by molar-refractivity contribution is -0.137. The molecule has 8 heteroatoms. The molecule has 1 aromatic rings. The maximum Gasteiger partial charge on any atom is 0.416 e. The van der Waals surface area contributed by atoms with Crippen LogP contribution < -0.4 is 4.72 Å². The third-order valence-electron chi connectivity index (χ3n) is 3.00. The zero-order chi connectivity index (χ0) is 15.6. The van der Waals surface area contributed by atoms with Crippen molar-refractivity contribution in [2.45, 2.75) is 36.9 Å². The summed E-state index contributed by atoms with van der Waals surface area (Å²) in [6, 6.07) is 3.19. The summed E-state index contributed by atoms with van der Waals surface area (Å²) in [7, 11) is -3.98. The van der Waals surface area contributed by atoms with Gasteiger partial charge < -0.3 is 5.11 Å². The summed E-state index contributed by atoms with van der Waals surface area (Å²) >= 11 is 0. The molecule has 4 nitrogen and oxygen atoms in total. The molecule has 0 aliphatic rings. The first kappa shape index (κ1) is 16.9. The van der Waals surface area contributed by atoms with E-state index >= 15 is 0 Å². The largest absolute Gasteiger partial charge is 0.416 e. The van der Waals surface area contributed by atoms with Gasteiger partial charge in [-0.2, -0.15) is 13.2 Å². The average Bonchev–Trinajstić information content (AvgIpc) is 2.37. The Kier molecular flexibility index (Phi) is 4.83. The highest BCUT2D eigenvalue weighted by molar-refractivity contribution is 7.89. The second-order valence-corrected chi connectivity index (χ2v) is 6.38. The molecule has 0 saturated carbocycles. The van der Waals surface area contributed by atoms with E-state index in [4.69, 9.17) is 0 Å². The van der Waals surface area contributed by atoms with E-state index in [1.807, 2.05) is 0 Å². The third-order valence-corrected chi connectivity index (χ3v) is 4.66. The first-order valence-corrected chi connectivity index (χ1v) is 7.34. The summed E-state index contributed by atoms with van der Waals surface area (Å²) in [5, 5.41) is 9.17. The van der Waals surface area contributed by atoms with Gasteiger partial charge in [0.05, 0.1) is 22.6 Å². The number of alkyl halides is 3. The summed E-state index contributed by atoms with van der Waals surface area (Å²) in [5.41, 5.74) is -1.97. The van der Waals surface area contributed by atoms with E-state index in [9.17, 15) is 26.7 Å². The van der Waals surface area contributed by atoms with Gasteiger partial charge in [-0.3, -0.25) is 0 Å². The minimum atomic E-state index is -4.52. The molecule has 1 aromatic carbocycles. The van der Waals surface area contributed by atoms with Crippen molar-refractivity contribution in [2.24, 2.45) is 0 Å². The van der Waals surface area contributed by atoms with E-state index in [1.165, 1.54) is 6.92 Å². The molecule has 0 aliphatic carbocycles. The van der Waals surface area contributed by atoms with E-state index in [0.717, 1.165) is 12.1 Å². The lowest BCUT2D eigenvalue weighted by Crippen LogP contribution is -2.48. The normalized spacial score (nSPS) is 15.9. The maximum atomic E-state index is 12.4. The van der Waals surface area contributed by atoms with Crippen LogP contribution in [0.4, 0.5) is 13.2 Å². The van der Waals surface area contributed by atoms with Gasteiger partial charge in [0.2, 0.25) is 10.0 Å². The smallest absolute Gasteiger partial charge is 0.394 e. The van der Waals surface area contributed by atoms with E-state index in [0.29, 0.717) is 18.6 Å². The molecule has 2 N–H and O–H groups in total. The molecule has 1 rings (SSSR count). The number of hydrogen-bond acceptors (Lipinski definition) is 3. The van der Waals surface area contributed by atoms with Crippen LogP contribution in [0.15, 0.2) is 29.2 Å². The first-order valence-electron chi connectivity index (χ1n) is 5.86. The van der Waals surface area contributed by atoms with Gasteiger partial charge in [0, 0.05) is 0 Å². The molecule has 0 fully saturated rings. The molecule has 0 heterocycles. The molecule has 0 aromatic heterocycles. The predicted octanol–water partition coefficient (Wildman–Crippen LogP) is 2.14. The quantitative estimate of drug-likeness (QED) is 0.875. The molecule has 1 unspecified atom stereocenters. The summed E-state index contributed by atoms with van der Waals surface area (Å²) in [5.74, 6) is 0. The molecule has 114 valence electrons. The van der Waals surface area contributed by atoms with Crippen LogP contribution in [-0.4, -0.2) is 25.7 Å². The fraction of sp³-hybridized carbons (Fsp3) is 0.500. The van der Waals surface area contributed by atoms with Crippen LogP contribution in [0.5, 0.6) is 0 Å². The number of sulfonamides is 1. The second kappa shape index (κ2) is 5.71. The van der Waals surface area contributed by atoms with Crippen LogP contribution in [0.3, 0.4) is 0 Å². The van der Waals surface area contributed by atoms with Crippen molar-refractivity contribution in [1.29, 1.82) is 0 Å². The van der Waals surface area contributed by atoms with Crippen molar-refractivity contribution < 1.29 is 26.7 Å². The highest BCUT2D eigenvalue weighted by Gasteiger charge is 2.32. The van der Waals surface area contributed by atoms with Crippen LogP contribution in [0.25, 0.3) is 0 Å². The summed E-state index contributed by atoms with van der Waals surface area (Å²) < 4.78 is 63.5. The standard InChI is InChI=1S/C12H16F3NO3S/c1-3-11(2,8-17)16-20(18,19)10-6-4-9(5-7-10)12(13,14)15/h4-7,16-17H,3,8H2,1-2H3. The molecule has 0 spiro atoms.